The third-order valence-electron chi connectivity index (χ3n) is 3.33. The van der Waals surface area contributed by atoms with Gasteiger partial charge in [-0.2, -0.15) is 8.42 Å². The lowest BCUT2D eigenvalue weighted by Crippen LogP contribution is -2.42. The zero-order valence-corrected chi connectivity index (χ0v) is 11.8. The first-order chi connectivity index (χ1) is 9.47. The van der Waals surface area contributed by atoms with Gasteiger partial charge in [0.05, 0.1) is 5.25 Å². The van der Waals surface area contributed by atoms with Crippen molar-refractivity contribution < 1.29 is 22.5 Å². The van der Waals surface area contributed by atoms with Crippen LogP contribution in [-0.2, 0) is 21.5 Å². The summed E-state index contributed by atoms with van der Waals surface area (Å²) in [5.74, 6) is 0. The van der Waals surface area contributed by atoms with Crippen LogP contribution in [0.1, 0.15) is 18.4 Å². The third kappa shape index (κ3) is 3.94. The van der Waals surface area contributed by atoms with Crippen molar-refractivity contribution in [2.24, 2.45) is 0 Å². The SMILES string of the molecule is O=C(OCc1ccccc1)N1CCC(S(=O)(=O)O)CC1. The van der Waals surface area contributed by atoms with Gasteiger partial charge in [0.1, 0.15) is 6.61 Å². The summed E-state index contributed by atoms with van der Waals surface area (Å²) >= 11 is 0. The average Bonchev–Trinajstić information content (AvgIpc) is 2.45. The van der Waals surface area contributed by atoms with Gasteiger partial charge in [-0.15, -0.1) is 0 Å². The second-order valence-electron chi connectivity index (χ2n) is 4.74. The molecule has 0 atom stereocenters. The molecule has 1 fully saturated rings. The van der Waals surface area contributed by atoms with Gasteiger partial charge in [-0.25, -0.2) is 4.79 Å². The van der Waals surface area contributed by atoms with Crippen molar-refractivity contribution in [2.45, 2.75) is 24.7 Å². The molecule has 0 aliphatic carbocycles. The maximum Gasteiger partial charge on any atom is 0.410 e. The second kappa shape index (κ2) is 6.23. The van der Waals surface area contributed by atoms with Crippen LogP contribution in [0.2, 0.25) is 0 Å². The highest BCUT2D eigenvalue weighted by Crippen LogP contribution is 2.17. The number of hydrogen-bond acceptors (Lipinski definition) is 4. The lowest BCUT2D eigenvalue weighted by Gasteiger charge is -2.29. The third-order valence-corrected chi connectivity index (χ3v) is 4.64. The number of carbonyl (C=O) groups excluding carboxylic acids is 1. The quantitative estimate of drug-likeness (QED) is 0.858. The molecule has 1 aliphatic rings. The number of piperidine rings is 1. The van der Waals surface area contributed by atoms with E-state index in [4.69, 9.17) is 9.29 Å². The van der Waals surface area contributed by atoms with E-state index in [0.717, 1.165) is 5.56 Å². The van der Waals surface area contributed by atoms with Gasteiger partial charge in [0.25, 0.3) is 10.1 Å². The van der Waals surface area contributed by atoms with Gasteiger partial charge in [0.15, 0.2) is 0 Å². The molecule has 6 nitrogen and oxygen atoms in total. The monoisotopic (exact) mass is 299 g/mol. The molecule has 1 aromatic carbocycles. The van der Waals surface area contributed by atoms with Crippen molar-refractivity contribution >= 4 is 16.2 Å². The van der Waals surface area contributed by atoms with Crippen LogP contribution in [0, 0.1) is 0 Å². The number of ether oxygens (including phenoxy) is 1. The summed E-state index contributed by atoms with van der Waals surface area (Å²) in [5, 5.41) is -0.777. The minimum atomic E-state index is -4.01. The Bertz CT molecular complexity index is 549. The van der Waals surface area contributed by atoms with Crippen LogP contribution in [0.25, 0.3) is 0 Å². The molecule has 1 N–H and O–H groups in total. The van der Waals surface area contributed by atoms with Crippen molar-refractivity contribution in [3.05, 3.63) is 35.9 Å². The van der Waals surface area contributed by atoms with E-state index in [2.05, 4.69) is 0 Å². The van der Waals surface area contributed by atoms with Gasteiger partial charge < -0.3 is 9.64 Å². The molecule has 1 heterocycles. The summed E-state index contributed by atoms with van der Waals surface area (Å²) in [6.45, 7) is 0.744. The Morgan fingerprint density at radius 1 is 1.25 bits per heavy atom. The first-order valence-electron chi connectivity index (χ1n) is 6.39. The standard InChI is InChI=1S/C13H17NO5S/c15-13(19-10-11-4-2-1-3-5-11)14-8-6-12(7-9-14)20(16,17)18/h1-5,12H,6-10H2,(H,16,17,18). The Hall–Kier alpha value is -1.60. The molecule has 20 heavy (non-hydrogen) atoms. The second-order valence-corrected chi connectivity index (χ2v) is 6.44. The number of carbonyl (C=O) groups is 1. The highest BCUT2D eigenvalue weighted by Gasteiger charge is 2.30. The molecular formula is C13H17NO5S. The van der Waals surface area contributed by atoms with Gasteiger partial charge in [-0.05, 0) is 18.4 Å². The van der Waals surface area contributed by atoms with E-state index in [-0.39, 0.29) is 32.5 Å². The van der Waals surface area contributed by atoms with E-state index in [1.807, 2.05) is 30.3 Å². The number of nitrogens with zero attached hydrogens (tertiary/aromatic N) is 1. The summed E-state index contributed by atoms with van der Waals surface area (Å²) in [6, 6.07) is 9.32. The number of hydrogen-bond donors (Lipinski definition) is 1. The Morgan fingerprint density at radius 2 is 1.85 bits per heavy atom. The van der Waals surface area contributed by atoms with E-state index < -0.39 is 21.5 Å². The number of rotatable bonds is 3. The van der Waals surface area contributed by atoms with E-state index in [0.29, 0.717) is 0 Å². The fraction of sp³-hybridized carbons (Fsp3) is 0.462. The highest BCUT2D eigenvalue weighted by molar-refractivity contribution is 7.86. The van der Waals surface area contributed by atoms with Crippen molar-refractivity contribution in [2.75, 3.05) is 13.1 Å². The molecule has 1 amide bonds. The molecule has 1 aromatic rings. The predicted molar refractivity (Wildman–Crippen MR) is 72.8 cm³/mol. The van der Waals surface area contributed by atoms with Crippen molar-refractivity contribution in [3.8, 4) is 0 Å². The van der Waals surface area contributed by atoms with E-state index in [9.17, 15) is 13.2 Å². The molecule has 7 heteroatoms. The average molecular weight is 299 g/mol. The van der Waals surface area contributed by atoms with E-state index >= 15 is 0 Å². The van der Waals surface area contributed by atoms with Crippen LogP contribution in [-0.4, -0.2) is 42.3 Å². The highest BCUT2D eigenvalue weighted by atomic mass is 32.2. The van der Waals surface area contributed by atoms with Gasteiger partial charge in [0, 0.05) is 13.1 Å². The fourth-order valence-electron chi connectivity index (χ4n) is 2.15. The van der Waals surface area contributed by atoms with Crippen molar-refractivity contribution in [1.29, 1.82) is 0 Å². The van der Waals surface area contributed by atoms with Gasteiger partial charge in [-0.3, -0.25) is 4.55 Å². The summed E-state index contributed by atoms with van der Waals surface area (Å²) in [6.07, 6.45) is 0.0149. The summed E-state index contributed by atoms with van der Waals surface area (Å²) in [4.78, 5) is 13.3. The molecule has 0 unspecified atom stereocenters. The largest absolute Gasteiger partial charge is 0.445 e. The fourth-order valence-corrected chi connectivity index (χ4v) is 2.95. The normalized spacial score (nSPS) is 16.9. The Kier molecular flexibility index (Phi) is 4.61. The molecule has 0 bridgehead atoms. The molecule has 110 valence electrons. The van der Waals surface area contributed by atoms with Crippen LogP contribution in [0.3, 0.4) is 0 Å². The Labute approximate surface area is 118 Å². The minimum Gasteiger partial charge on any atom is -0.445 e. The lowest BCUT2D eigenvalue weighted by atomic mass is 10.1. The molecule has 1 saturated heterocycles. The van der Waals surface area contributed by atoms with Gasteiger partial charge in [0.2, 0.25) is 0 Å². The minimum absolute atomic E-state index is 0.192. The van der Waals surface area contributed by atoms with Crippen molar-refractivity contribution in [1.82, 2.24) is 4.90 Å². The molecule has 2 rings (SSSR count). The van der Waals surface area contributed by atoms with E-state index in [1.165, 1.54) is 4.90 Å². The van der Waals surface area contributed by atoms with Crippen LogP contribution in [0.5, 0.6) is 0 Å². The van der Waals surface area contributed by atoms with Gasteiger partial charge in [-0.1, -0.05) is 30.3 Å². The molecule has 0 saturated carbocycles. The predicted octanol–water partition coefficient (Wildman–Crippen LogP) is 1.68. The lowest BCUT2D eigenvalue weighted by molar-refractivity contribution is 0.0894. The number of amides is 1. The maximum atomic E-state index is 11.8. The summed E-state index contributed by atoms with van der Waals surface area (Å²) < 4.78 is 36.1. The zero-order chi connectivity index (χ0) is 14.6. The van der Waals surface area contributed by atoms with Crippen LogP contribution in [0.4, 0.5) is 4.79 Å². The smallest absolute Gasteiger partial charge is 0.410 e. The first kappa shape index (κ1) is 14.8. The van der Waals surface area contributed by atoms with Crippen molar-refractivity contribution in [3.63, 3.8) is 0 Å². The number of likely N-dealkylation sites (tertiary alicyclic amines) is 1. The molecule has 0 aromatic heterocycles. The Morgan fingerprint density at radius 3 is 2.40 bits per heavy atom. The summed E-state index contributed by atoms with van der Waals surface area (Å²) in [7, 11) is -4.01. The molecule has 1 aliphatic heterocycles. The number of benzene rings is 1. The van der Waals surface area contributed by atoms with Gasteiger partial charge >= 0.3 is 6.09 Å². The van der Waals surface area contributed by atoms with Crippen LogP contribution >= 0.6 is 0 Å². The molecule has 0 spiro atoms. The Balaban J connectivity index is 1.80. The van der Waals surface area contributed by atoms with Crippen LogP contribution in [0.15, 0.2) is 30.3 Å². The van der Waals surface area contributed by atoms with Crippen LogP contribution < -0.4 is 0 Å². The summed E-state index contributed by atoms with van der Waals surface area (Å²) in [5.41, 5.74) is 0.897. The zero-order valence-electron chi connectivity index (χ0n) is 10.9. The maximum absolute atomic E-state index is 11.8. The topological polar surface area (TPSA) is 83.9 Å². The molecular weight excluding hydrogens is 282 g/mol. The first-order valence-corrected chi connectivity index (χ1v) is 7.89. The van der Waals surface area contributed by atoms with E-state index in [1.54, 1.807) is 0 Å². The molecule has 0 radical (unpaired) electrons.